The van der Waals surface area contributed by atoms with E-state index in [9.17, 15) is 14.4 Å². The highest BCUT2D eigenvalue weighted by Gasteiger charge is 2.23. The maximum atomic E-state index is 14.0. The molecule has 0 saturated heterocycles. The molecule has 0 aromatic carbocycles. The summed E-state index contributed by atoms with van der Waals surface area (Å²) in [6.07, 6.45) is 49.7. The summed E-state index contributed by atoms with van der Waals surface area (Å²) in [6.45, 7) is 14.1. The first kappa shape index (κ1) is 65.4. The Morgan fingerprint density at radius 2 is 0.642 bits per heavy atom. The van der Waals surface area contributed by atoms with Gasteiger partial charge in [0.05, 0.1) is 13.2 Å². The summed E-state index contributed by atoms with van der Waals surface area (Å²) in [6, 6.07) is 0.198. The molecule has 0 radical (unpaired) electrons. The molecule has 0 aliphatic carbocycles. The van der Waals surface area contributed by atoms with E-state index in [1.807, 2.05) is 0 Å². The highest BCUT2D eigenvalue weighted by atomic mass is 16.5. The van der Waals surface area contributed by atoms with Gasteiger partial charge < -0.3 is 19.3 Å². The number of amides is 1. The highest BCUT2D eigenvalue weighted by molar-refractivity contribution is 5.76. The minimum absolute atomic E-state index is 0.0351. The summed E-state index contributed by atoms with van der Waals surface area (Å²) < 4.78 is 11.9. The molecule has 0 aromatic heterocycles. The standard InChI is InChI=1S/C60H118N2O5/c1-8-13-18-23-26-27-30-41-51-62(58(63)50-52-61(6)7)57(46-37-31-39-48-59(64)66-53-55(42-33-21-16-11-4)44-35-28-24-19-14-9-2)47-38-32-40-49-60(65)67-54-56(43-34-22-17-12-5)45-36-29-25-20-15-10-3/h55-57H,8-54H2,1-7H3. The Morgan fingerprint density at radius 1 is 0.343 bits per heavy atom. The van der Waals surface area contributed by atoms with Crippen LogP contribution in [0.3, 0.4) is 0 Å². The second-order valence-electron chi connectivity index (χ2n) is 21.4. The van der Waals surface area contributed by atoms with E-state index in [0.717, 1.165) is 70.9 Å². The van der Waals surface area contributed by atoms with E-state index in [-0.39, 0.29) is 23.9 Å². The van der Waals surface area contributed by atoms with E-state index < -0.39 is 0 Å². The van der Waals surface area contributed by atoms with Gasteiger partial charge in [0.2, 0.25) is 5.91 Å². The van der Waals surface area contributed by atoms with Crippen LogP contribution >= 0.6 is 0 Å². The van der Waals surface area contributed by atoms with Gasteiger partial charge in [0.15, 0.2) is 0 Å². The average molecular weight is 948 g/mol. The van der Waals surface area contributed by atoms with Crippen molar-refractivity contribution in [3.05, 3.63) is 0 Å². The Balaban J connectivity index is 5.36. The number of rotatable bonds is 53. The van der Waals surface area contributed by atoms with Crippen molar-refractivity contribution in [3.8, 4) is 0 Å². The summed E-state index contributed by atoms with van der Waals surface area (Å²) in [5.41, 5.74) is 0. The van der Waals surface area contributed by atoms with Crippen LogP contribution in [-0.2, 0) is 23.9 Å². The van der Waals surface area contributed by atoms with Gasteiger partial charge in [-0.1, -0.05) is 234 Å². The summed E-state index contributed by atoms with van der Waals surface area (Å²) in [5.74, 6) is 1.20. The van der Waals surface area contributed by atoms with Crippen LogP contribution in [0.1, 0.15) is 311 Å². The summed E-state index contributed by atoms with van der Waals surface area (Å²) in [5, 5.41) is 0. The normalized spacial score (nSPS) is 13.0. The Kier molecular flexibility index (Phi) is 49.5. The molecule has 1 amide bonds. The molecule has 67 heavy (non-hydrogen) atoms. The lowest BCUT2D eigenvalue weighted by Crippen LogP contribution is -2.42. The van der Waals surface area contributed by atoms with Crippen LogP contribution in [0.5, 0.6) is 0 Å². The van der Waals surface area contributed by atoms with Gasteiger partial charge in [0, 0.05) is 38.4 Å². The topological polar surface area (TPSA) is 76.2 Å². The lowest BCUT2D eigenvalue weighted by Gasteiger charge is -2.33. The molecule has 2 atom stereocenters. The Hall–Kier alpha value is -1.63. The summed E-state index contributed by atoms with van der Waals surface area (Å²) in [7, 11) is 4.10. The smallest absolute Gasteiger partial charge is 0.305 e. The zero-order valence-corrected chi connectivity index (χ0v) is 46.4. The van der Waals surface area contributed by atoms with Crippen molar-refractivity contribution in [1.29, 1.82) is 0 Å². The monoisotopic (exact) mass is 947 g/mol. The molecule has 398 valence electrons. The molecule has 0 N–H and O–H groups in total. The fourth-order valence-electron chi connectivity index (χ4n) is 9.83. The van der Waals surface area contributed by atoms with Gasteiger partial charge in [-0.25, -0.2) is 0 Å². The van der Waals surface area contributed by atoms with Gasteiger partial charge in [0.1, 0.15) is 0 Å². The first-order chi connectivity index (χ1) is 32.7. The number of esters is 2. The van der Waals surface area contributed by atoms with Crippen LogP contribution in [-0.4, -0.2) is 74.1 Å². The molecule has 0 fully saturated rings. The van der Waals surface area contributed by atoms with E-state index in [4.69, 9.17) is 9.47 Å². The second kappa shape index (κ2) is 50.7. The molecule has 0 spiro atoms. The first-order valence-corrected chi connectivity index (χ1v) is 30.0. The number of ether oxygens (including phenoxy) is 2. The Morgan fingerprint density at radius 3 is 1.00 bits per heavy atom. The quantitative estimate of drug-likeness (QED) is 0.0447. The van der Waals surface area contributed by atoms with Crippen molar-refractivity contribution < 1.29 is 23.9 Å². The van der Waals surface area contributed by atoms with E-state index >= 15 is 0 Å². The van der Waals surface area contributed by atoms with Crippen LogP contribution in [0.4, 0.5) is 0 Å². The minimum Gasteiger partial charge on any atom is -0.465 e. The molecule has 0 bridgehead atoms. The van der Waals surface area contributed by atoms with E-state index in [1.54, 1.807) is 0 Å². The first-order valence-electron chi connectivity index (χ1n) is 30.0. The molecule has 0 aromatic rings. The number of nitrogens with zero attached hydrogens (tertiary/aromatic N) is 2. The second-order valence-corrected chi connectivity index (χ2v) is 21.4. The van der Waals surface area contributed by atoms with Gasteiger partial charge in [-0.3, -0.25) is 14.4 Å². The largest absolute Gasteiger partial charge is 0.465 e. The van der Waals surface area contributed by atoms with Crippen molar-refractivity contribution in [2.75, 3.05) is 40.4 Å². The van der Waals surface area contributed by atoms with Gasteiger partial charge in [-0.05, 0) is 83.7 Å². The molecule has 7 nitrogen and oxygen atoms in total. The van der Waals surface area contributed by atoms with Crippen LogP contribution in [0.25, 0.3) is 0 Å². The number of carbonyl (C=O) groups excluding carboxylic acids is 3. The number of hydrogen-bond acceptors (Lipinski definition) is 6. The molecule has 2 unspecified atom stereocenters. The summed E-state index contributed by atoms with van der Waals surface area (Å²) in [4.78, 5) is 44.3. The van der Waals surface area contributed by atoms with Crippen LogP contribution in [0.2, 0.25) is 0 Å². The van der Waals surface area contributed by atoms with E-state index in [1.165, 1.54) is 199 Å². The van der Waals surface area contributed by atoms with Gasteiger partial charge in [0.25, 0.3) is 0 Å². The van der Waals surface area contributed by atoms with Crippen LogP contribution in [0.15, 0.2) is 0 Å². The molecule has 0 aliphatic rings. The maximum Gasteiger partial charge on any atom is 0.305 e. The average Bonchev–Trinajstić information content (AvgIpc) is 3.32. The van der Waals surface area contributed by atoms with Crippen LogP contribution in [0, 0.1) is 11.8 Å². The third-order valence-corrected chi connectivity index (χ3v) is 14.4. The van der Waals surface area contributed by atoms with Crippen molar-refractivity contribution in [2.45, 2.75) is 317 Å². The van der Waals surface area contributed by atoms with E-state index in [0.29, 0.717) is 44.3 Å². The van der Waals surface area contributed by atoms with Gasteiger partial charge >= 0.3 is 11.9 Å². The number of carbonyl (C=O) groups is 3. The molecule has 0 saturated carbocycles. The van der Waals surface area contributed by atoms with Crippen molar-refractivity contribution in [1.82, 2.24) is 9.80 Å². The zero-order valence-electron chi connectivity index (χ0n) is 46.4. The molecule has 7 heteroatoms. The molecular weight excluding hydrogens is 829 g/mol. The zero-order chi connectivity index (χ0) is 49.3. The third kappa shape index (κ3) is 44.1. The lowest BCUT2D eigenvalue weighted by molar-refractivity contribution is -0.146. The minimum atomic E-state index is -0.0351. The molecule has 0 heterocycles. The fourth-order valence-corrected chi connectivity index (χ4v) is 9.83. The van der Waals surface area contributed by atoms with Crippen molar-refractivity contribution >= 4 is 17.8 Å². The SMILES string of the molecule is CCCCCCCCCCN(C(=O)CCN(C)C)C(CCCCCC(=O)OCC(CCCCCC)CCCCCCCC)CCCCCC(=O)OCC(CCCCCC)CCCCCCCC. The fraction of sp³-hybridized carbons (Fsp3) is 0.950. The molecule has 0 rings (SSSR count). The Labute approximate surface area is 419 Å². The maximum absolute atomic E-state index is 14.0. The number of unbranched alkanes of at least 4 members (excludes halogenated alkanes) is 27. The van der Waals surface area contributed by atoms with Gasteiger partial charge in [-0.2, -0.15) is 0 Å². The predicted octanol–water partition coefficient (Wildman–Crippen LogP) is 17.9. The van der Waals surface area contributed by atoms with Crippen molar-refractivity contribution in [3.63, 3.8) is 0 Å². The number of hydrogen-bond donors (Lipinski definition) is 0. The molecular formula is C60H118N2O5. The predicted molar refractivity (Wildman–Crippen MR) is 290 cm³/mol. The lowest BCUT2D eigenvalue weighted by atomic mass is 9.95. The summed E-state index contributed by atoms with van der Waals surface area (Å²) >= 11 is 0. The molecule has 0 aliphatic heterocycles. The van der Waals surface area contributed by atoms with Gasteiger partial charge in [-0.15, -0.1) is 0 Å². The third-order valence-electron chi connectivity index (χ3n) is 14.4. The highest BCUT2D eigenvalue weighted by Crippen LogP contribution is 2.24. The Bertz CT molecular complexity index is 1010. The van der Waals surface area contributed by atoms with E-state index in [2.05, 4.69) is 58.5 Å². The van der Waals surface area contributed by atoms with Crippen molar-refractivity contribution in [2.24, 2.45) is 11.8 Å². The van der Waals surface area contributed by atoms with Crippen LogP contribution < -0.4 is 0 Å².